The van der Waals surface area contributed by atoms with Gasteiger partial charge in [0.25, 0.3) is 17.5 Å². The molecule has 0 aliphatic rings. The molecule has 0 radical (unpaired) electrons. The van der Waals surface area contributed by atoms with E-state index in [1.165, 1.54) is 60.8 Å². The van der Waals surface area contributed by atoms with Crippen LogP contribution in [-0.2, 0) is 0 Å². The quantitative estimate of drug-likeness (QED) is 0.369. The molecule has 8 nitrogen and oxygen atoms in total. The first-order valence-corrected chi connectivity index (χ1v) is 8.67. The number of halogens is 1. The third kappa shape index (κ3) is 5.32. The summed E-state index contributed by atoms with van der Waals surface area (Å²) in [6.45, 7) is 0. The van der Waals surface area contributed by atoms with E-state index in [9.17, 15) is 24.1 Å². The van der Waals surface area contributed by atoms with E-state index < -0.39 is 22.6 Å². The van der Waals surface area contributed by atoms with Crippen LogP contribution in [0.2, 0.25) is 0 Å². The summed E-state index contributed by atoms with van der Waals surface area (Å²) >= 11 is 0. The van der Waals surface area contributed by atoms with Gasteiger partial charge in [-0.2, -0.15) is 5.10 Å². The molecule has 9 heteroatoms. The lowest BCUT2D eigenvalue weighted by Gasteiger charge is -2.07. The molecule has 0 spiro atoms. The Labute approximate surface area is 170 Å². The maximum atomic E-state index is 13.0. The number of anilines is 1. The second-order valence-electron chi connectivity index (χ2n) is 6.09. The van der Waals surface area contributed by atoms with E-state index in [1.54, 1.807) is 18.2 Å². The van der Waals surface area contributed by atoms with Crippen molar-refractivity contribution < 1.29 is 18.9 Å². The number of rotatable bonds is 6. The molecular weight excluding hydrogens is 391 g/mol. The fraction of sp³-hybridized carbons (Fsp3) is 0. The number of benzene rings is 3. The monoisotopic (exact) mass is 406 g/mol. The van der Waals surface area contributed by atoms with Gasteiger partial charge in [-0.15, -0.1) is 0 Å². The highest BCUT2D eigenvalue weighted by Crippen LogP contribution is 2.14. The van der Waals surface area contributed by atoms with Crippen LogP contribution >= 0.6 is 0 Å². The maximum Gasteiger partial charge on any atom is 0.271 e. The first kappa shape index (κ1) is 20.3. The van der Waals surface area contributed by atoms with Crippen LogP contribution in [0.1, 0.15) is 26.3 Å². The van der Waals surface area contributed by atoms with Gasteiger partial charge in [0.2, 0.25) is 0 Å². The zero-order chi connectivity index (χ0) is 21.5. The predicted molar refractivity (Wildman–Crippen MR) is 109 cm³/mol. The average molecular weight is 406 g/mol. The topological polar surface area (TPSA) is 114 Å². The van der Waals surface area contributed by atoms with Gasteiger partial charge in [-0.3, -0.25) is 19.7 Å². The van der Waals surface area contributed by atoms with Crippen LogP contribution in [0.25, 0.3) is 0 Å². The number of non-ortho nitro benzene ring substituents is 1. The number of amides is 2. The Hall–Kier alpha value is -4.40. The Morgan fingerprint density at radius 1 is 0.933 bits per heavy atom. The van der Waals surface area contributed by atoms with Crippen molar-refractivity contribution >= 4 is 29.4 Å². The normalized spacial score (nSPS) is 10.6. The predicted octanol–water partition coefficient (Wildman–Crippen LogP) is 3.75. The minimum atomic E-state index is -0.533. The number of hydrogen-bond acceptors (Lipinski definition) is 5. The molecule has 0 fully saturated rings. The Morgan fingerprint density at radius 2 is 1.67 bits per heavy atom. The molecule has 150 valence electrons. The smallest absolute Gasteiger partial charge is 0.271 e. The lowest BCUT2D eigenvalue weighted by molar-refractivity contribution is -0.384. The van der Waals surface area contributed by atoms with Crippen molar-refractivity contribution in [1.82, 2.24) is 5.43 Å². The molecule has 0 bridgehead atoms. The number of nitro benzene ring substituents is 1. The summed E-state index contributed by atoms with van der Waals surface area (Å²) in [5.41, 5.74) is 3.57. The highest BCUT2D eigenvalue weighted by Gasteiger charge is 2.09. The Morgan fingerprint density at radius 3 is 2.40 bits per heavy atom. The van der Waals surface area contributed by atoms with Gasteiger partial charge in [0.05, 0.1) is 11.1 Å². The number of carbonyl (C=O) groups is 2. The first-order chi connectivity index (χ1) is 14.4. The van der Waals surface area contributed by atoms with Crippen molar-refractivity contribution in [2.75, 3.05) is 5.32 Å². The molecule has 0 aliphatic carbocycles. The number of nitrogens with one attached hydrogen (secondary N) is 2. The number of hydrazone groups is 1. The summed E-state index contributed by atoms with van der Waals surface area (Å²) in [4.78, 5) is 34.7. The van der Waals surface area contributed by atoms with Crippen molar-refractivity contribution in [3.05, 3.63) is 105 Å². The number of nitrogens with zero attached hydrogens (tertiary/aromatic N) is 2. The van der Waals surface area contributed by atoms with E-state index in [1.807, 2.05) is 0 Å². The van der Waals surface area contributed by atoms with Crippen LogP contribution in [0.15, 0.2) is 77.9 Å². The van der Waals surface area contributed by atoms with Crippen molar-refractivity contribution in [2.45, 2.75) is 0 Å². The lowest BCUT2D eigenvalue weighted by atomic mass is 10.1. The zero-order valence-corrected chi connectivity index (χ0v) is 15.4. The molecule has 3 rings (SSSR count). The Balaban J connectivity index is 1.64. The molecule has 0 unspecified atom stereocenters. The average Bonchev–Trinajstić information content (AvgIpc) is 2.74. The molecule has 0 atom stereocenters. The minimum Gasteiger partial charge on any atom is -0.322 e. The van der Waals surface area contributed by atoms with Crippen molar-refractivity contribution in [3.63, 3.8) is 0 Å². The molecule has 2 amide bonds. The molecule has 0 aliphatic heterocycles. The maximum absolute atomic E-state index is 13.0. The fourth-order valence-electron chi connectivity index (χ4n) is 2.49. The molecular formula is C21H15FN4O4. The standard InChI is InChI=1S/C21H15FN4O4/c22-17-9-7-15(8-10-17)20(27)24-18-5-2-4-16(12-18)21(28)25-23-13-14-3-1-6-19(11-14)26(29)30/h1-13H,(H,24,27)(H,25,28)/b23-13+. The van der Waals surface area contributed by atoms with E-state index >= 15 is 0 Å². The van der Waals surface area contributed by atoms with Gasteiger partial charge in [-0.25, -0.2) is 9.82 Å². The number of carbonyl (C=O) groups excluding carboxylic acids is 2. The summed E-state index contributed by atoms with van der Waals surface area (Å²) in [6.07, 6.45) is 1.28. The van der Waals surface area contributed by atoms with Crippen molar-refractivity contribution in [1.29, 1.82) is 0 Å². The van der Waals surface area contributed by atoms with E-state index in [-0.39, 0.29) is 16.8 Å². The van der Waals surface area contributed by atoms with Crippen LogP contribution in [0.5, 0.6) is 0 Å². The van der Waals surface area contributed by atoms with Gasteiger partial charge in [0.15, 0.2) is 0 Å². The number of hydrogen-bond donors (Lipinski definition) is 2. The molecule has 0 saturated heterocycles. The van der Waals surface area contributed by atoms with Gasteiger partial charge in [-0.05, 0) is 42.5 Å². The summed E-state index contributed by atoms with van der Waals surface area (Å²) in [5, 5.41) is 17.2. The van der Waals surface area contributed by atoms with Crippen molar-refractivity contribution in [3.8, 4) is 0 Å². The molecule has 0 aromatic heterocycles. The molecule has 2 N–H and O–H groups in total. The van der Waals surface area contributed by atoms with Crippen molar-refractivity contribution in [2.24, 2.45) is 5.10 Å². The summed E-state index contributed by atoms with van der Waals surface area (Å²) in [5.74, 6) is -1.43. The Bertz CT molecular complexity index is 1130. The van der Waals surface area contributed by atoms with E-state index in [0.717, 1.165) is 0 Å². The summed E-state index contributed by atoms with van der Waals surface area (Å²) in [6, 6.07) is 17.0. The van der Waals surface area contributed by atoms with Gasteiger partial charge < -0.3 is 5.32 Å². The highest BCUT2D eigenvalue weighted by molar-refractivity contribution is 6.05. The van der Waals surface area contributed by atoms with Crippen LogP contribution in [0.3, 0.4) is 0 Å². The van der Waals surface area contributed by atoms with Crippen LogP contribution in [-0.4, -0.2) is 23.0 Å². The van der Waals surface area contributed by atoms with Gasteiger partial charge >= 0.3 is 0 Å². The largest absolute Gasteiger partial charge is 0.322 e. The minimum absolute atomic E-state index is 0.0881. The Kier molecular flexibility index (Phi) is 6.23. The third-order valence-corrected chi connectivity index (χ3v) is 3.95. The second-order valence-corrected chi connectivity index (χ2v) is 6.09. The van der Waals surface area contributed by atoms with E-state index in [0.29, 0.717) is 11.3 Å². The summed E-state index contributed by atoms with van der Waals surface area (Å²) < 4.78 is 13.0. The molecule has 3 aromatic carbocycles. The highest BCUT2D eigenvalue weighted by atomic mass is 19.1. The fourth-order valence-corrected chi connectivity index (χ4v) is 2.49. The first-order valence-electron chi connectivity index (χ1n) is 8.67. The van der Waals surface area contributed by atoms with E-state index in [4.69, 9.17) is 0 Å². The SMILES string of the molecule is O=C(N/N=C/c1cccc([N+](=O)[O-])c1)c1cccc(NC(=O)c2ccc(F)cc2)c1. The van der Waals surface area contributed by atoms with E-state index in [2.05, 4.69) is 15.8 Å². The van der Waals surface area contributed by atoms with Crippen LogP contribution in [0.4, 0.5) is 15.8 Å². The summed E-state index contributed by atoms with van der Waals surface area (Å²) in [7, 11) is 0. The number of nitro groups is 1. The van der Waals surface area contributed by atoms with Gasteiger partial charge in [0, 0.05) is 34.5 Å². The molecule has 3 aromatic rings. The van der Waals surface area contributed by atoms with Gasteiger partial charge in [0.1, 0.15) is 5.82 Å². The zero-order valence-electron chi connectivity index (χ0n) is 15.4. The second kappa shape index (κ2) is 9.20. The van der Waals surface area contributed by atoms with Crippen LogP contribution in [0, 0.1) is 15.9 Å². The lowest BCUT2D eigenvalue weighted by Crippen LogP contribution is -2.18. The van der Waals surface area contributed by atoms with Gasteiger partial charge in [-0.1, -0.05) is 18.2 Å². The molecule has 0 saturated carbocycles. The molecule has 30 heavy (non-hydrogen) atoms. The third-order valence-electron chi connectivity index (χ3n) is 3.95. The molecule has 0 heterocycles. The van der Waals surface area contributed by atoms with Crippen LogP contribution < -0.4 is 10.7 Å².